The normalized spacial score (nSPS) is 13.0. The van der Waals surface area contributed by atoms with Crippen LogP contribution in [0.3, 0.4) is 0 Å². The van der Waals surface area contributed by atoms with Gasteiger partial charge in [-0.1, -0.05) is 24.3 Å². The number of fused-ring (bicyclic) bond motifs is 2. The average molecular weight is 424 g/mol. The monoisotopic (exact) mass is 424 g/mol. The first-order chi connectivity index (χ1) is 14.2. The molecule has 1 aliphatic carbocycles. The second-order valence-electron chi connectivity index (χ2n) is 6.54. The molecule has 0 radical (unpaired) electrons. The summed E-state index contributed by atoms with van der Waals surface area (Å²) in [6.45, 7) is 0. The second-order valence-corrected chi connectivity index (χ2v) is 8.43. The maximum Gasteiger partial charge on any atom is 0.240 e. The molecule has 4 rings (SSSR count). The van der Waals surface area contributed by atoms with Crippen LogP contribution in [-0.4, -0.2) is 32.1 Å². The summed E-state index contributed by atoms with van der Waals surface area (Å²) >= 11 is 0. The molecule has 0 atom stereocenters. The van der Waals surface area contributed by atoms with Crippen LogP contribution in [0.25, 0.3) is 0 Å². The minimum atomic E-state index is -3.61. The van der Waals surface area contributed by atoms with E-state index in [0.717, 1.165) is 6.07 Å². The van der Waals surface area contributed by atoms with E-state index in [0.29, 0.717) is 0 Å². The van der Waals surface area contributed by atoms with Crippen molar-refractivity contribution in [2.75, 3.05) is 12.8 Å². The van der Waals surface area contributed by atoms with Crippen LogP contribution in [0, 0.1) is 0 Å². The minimum absolute atomic E-state index is 0.0315. The Hall–Kier alpha value is -3.69. The van der Waals surface area contributed by atoms with E-state index < -0.39 is 27.3 Å². The predicted octanol–water partition coefficient (Wildman–Crippen LogP) is 2.45. The molecular weight excluding hydrogens is 408 g/mol. The van der Waals surface area contributed by atoms with E-state index >= 15 is 0 Å². The average Bonchev–Trinajstić information content (AvgIpc) is 2.74. The number of benzene rings is 3. The summed E-state index contributed by atoms with van der Waals surface area (Å²) in [7, 11) is -2.31. The van der Waals surface area contributed by atoms with E-state index in [-0.39, 0.29) is 44.3 Å². The molecule has 0 bridgehead atoms. The van der Waals surface area contributed by atoms with Crippen molar-refractivity contribution in [3.63, 3.8) is 0 Å². The van der Waals surface area contributed by atoms with Gasteiger partial charge in [-0.05, 0) is 31.3 Å². The van der Waals surface area contributed by atoms with Crippen molar-refractivity contribution in [3.05, 3.63) is 76.9 Å². The standard InChI is InChI=1S/C21H16N2O6S/c1-23-30(27,28)12-8-6-11(7-9-12)29-16-10-15(24)17-18(19(16)22)21(26)14-5-3-2-4-13(14)20(17)25/h2-10,23-24H,22H2,1H3. The molecule has 30 heavy (non-hydrogen) atoms. The van der Waals surface area contributed by atoms with Crippen LogP contribution in [0.4, 0.5) is 5.69 Å². The fourth-order valence-electron chi connectivity index (χ4n) is 3.29. The summed E-state index contributed by atoms with van der Waals surface area (Å²) < 4.78 is 31.5. The number of carbonyl (C=O) groups excluding carboxylic acids is 2. The van der Waals surface area contributed by atoms with Gasteiger partial charge in [0.15, 0.2) is 17.3 Å². The van der Waals surface area contributed by atoms with Gasteiger partial charge in [-0.15, -0.1) is 0 Å². The molecule has 4 N–H and O–H groups in total. The van der Waals surface area contributed by atoms with Crippen LogP contribution in [0.15, 0.2) is 59.5 Å². The van der Waals surface area contributed by atoms with Gasteiger partial charge in [0.05, 0.1) is 21.7 Å². The van der Waals surface area contributed by atoms with Crippen LogP contribution >= 0.6 is 0 Å². The number of rotatable bonds is 4. The highest BCUT2D eigenvalue weighted by atomic mass is 32.2. The third-order valence-corrected chi connectivity index (χ3v) is 6.24. The van der Waals surface area contributed by atoms with Gasteiger partial charge in [-0.2, -0.15) is 0 Å². The fourth-order valence-corrected chi connectivity index (χ4v) is 4.02. The first kappa shape index (κ1) is 19.6. The number of carbonyl (C=O) groups is 2. The molecule has 0 heterocycles. The molecule has 3 aromatic carbocycles. The van der Waals surface area contributed by atoms with E-state index in [4.69, 9.17) is 10.5 Å². The third kappa shape index (κ3) is 3.00. The predicted molar refractivity (Wildman–Crippen MR) is 109 cm³/mol. The topological polar surface area (TPSA) is 136 Å². The summed E-state index contributed by atoms with van der Waals surface area (Å²) in [4.78, 5) is 25.8. The SMILES string of the molecule is CNS(=O)(=O)c1ccc(Oc2cc(O)c3c(c2N)C(=O)c2ccccc2C3=O)cc1. The Bertz CT molecular complexity index is 1310. The number of anilines is 1. The quantitative estimate of drug-likeness (QED) is 0.338. The molecule has 152 valence electrons. The number of sulfonamides is 1. The van der Waals surface area contributed by atoms with Gasteiger partial charge in [0.2, 0.25) is 10.0 Å². The van der Waals surface area contributed by atoms with Crippen molar-refractivity contribution in [3.8, 4) is 17.2 Å². The Kier molecular flexibility index (Phi) is 4.56. The molecule has 0 saturated carbocycles. The Labute approximate surface area is 172 Å². The van der Waals surface area contributed by atoms with Crippen LogP contribution < -0.4 is 15.2 Å². The van der Waals surface area contributed by atoms with Crippen molar-refractivity contribution < 1.29 is 27.9 Å². The highest BCUT2D eigenvalue weighted by molar-refractivity contribution is 7.89. The van der Waals surface area contributed by atoms with Gasteiger partial charge < -0.3 is 15.6 Å². The molecule has 9 heteroatoms. The van der Waals surface area contributed by atoms with Gasteiger partial charge >= 0.3 is 0 Å². The number of hydrogen-bond donors (Lipinski definition) is 3. The molecule has 0 aromatic heterocycles. The van der Waals surface area contributed by atoms with Crippen LogP contribution in [-0.2, 0) is 10.0 Å². The lowest BCUT2D eigenvalue weighted by molar-refractivity contribution is 0.0977. The maximum absolute atomic E-state index is 12.9. The van der Waals surface area contributed by atoms with Gasteiger partial charge in [0, 0.05) is 17.2 Å². The number of ether oxygens (including phenoxy) is 1. The largest absolute Gasteiger partial charge is 0.507 e. The molecule has 0 unspecified atom stereocenters. The summed E-state index contributed by atoms with van der Waals surface area (Å²) in [5.41, 5.74) is 6.14. The smallest absolute Gasteiger partial charge is 0.240 e. The molecule has 0 saturated heterocycles. The molecule has 0 amide bonds. The number of ketones is 2. The number of aromatic hydroxyl groups is 1. The second kappa shape index (κ2) is 6.97. The van der Waals surface area contributed by atoms with Crippen molar-refractivity contribution in [1.29, 1.82) is 0 Å². The Morgan fingerprint density at radius 3 is 2.07 bits per heavy atom. The lowest BCUT2D eigenvalue weighted by Gasteiger charge is -2.21. The summed E-state index contributed by atoms with van der Waals surface area (Å²) in [6, 6.07) is 12.9. The minimum Gasteiger partial charge on any atom is -0.507 e. The van der Waals surface area contributed by atoms with E-state index in [2.05, 4.69) is 4.72 Å². The summed E-state index contributed by atoms with van der Waals surface area (Å²) in [5.74, 6) is -1.23. The molecule has 0 spiro atoms. The molecule has 0 fully saturated rings. The summed E-state index contributed by atoms with van der Waals surface area (Å²) in [5, 5.41) is 10.4. The van der Waals surface area contributed by atoms with Crippen molar-refractivity contribution in [2.45, 2.75) is 4.90 Å². The highest BCUT2D eigenvalue weighted by Crippen LogP contribution is 2.42. The lowest BCUT2D eigenvalue weighted by Crippen LogP contribution is -2.22. The number of hydrogen-bond acceptors (Lipinski definition) is 7. The zero-order chi connectivity index (χ0) is 21.6. The zero-order valence-corrected chi connectivity index (χ0v) is 16.5. The number of nitrogens with one attached hydrogen (secondary N) is 1. The third-order valence-electron chi connectivity index (χ3n) is 4.81. The van der Waals surface area contributed by atoms with Gasteiger partial charge in [0.25, 0.3) is 0 Å². The van der Waals surface area contributed by atoms with Crippen LogP contribution in [0.1, 0.15) is 31.8 Å². The van der Waals surface area contributed by atoms with Crippen molar-refractivity contribution in [1.82, 2.24) is 4.72 Å². The van der Waals surface area contributed by atoms with Gasteiger partial charge in [0.1, 0.15) is 11.5 Å². The van der Waals surface area contributed by atoms with Crippen molar-refractivity contribution >= 4 is 27.3 Å². The maximum atomic E-state index is 12.9. The van der Waals surface area contributed by atoms with Gasteiger partial charge in [-0.25, -0.2) is 13.1 Å². The van der Waals surface area contributed by atoms with E-state index in [1.54, 1.807) is 12.1 Å². The molecule has 0 aliphatic heterocycles. The van der Waals surface area contributed by atoms with Crippen molar-refractivity contribution in [2.24, 2.45) is 0 Å². The molecule has 8 nitrogen and oxygen atoms in total. The molecular formula is C21H16N2O6S. The number of nitrogen functional groups attached to an aromatic ring is 1. The Morgan fingerprint density at radius 2 is 1.50 bits per heavy atom. The molecule has 3 aromatic rings. The number of nitrogens with two attached hydrogens (primary N) is 1. The number of phenols is 1. The lowest BCUT2D eigenvalue weighted by atomic mass is 9.82. The molecule has 1 aliphatic rings. The van der Waals surface area contributed by atoms with E-state index in [1.165, 1.54) is 43.4 Å². The first-order valence-corrected chi connectivity index (χ1v) is 10.3. The summed E-state index contributed by atoms with van der Waals surface area (Å²) in [6.07, 6.45) is 0. The Balaban J connectivity index is 1.77. The Morgan fingerprint density at radius 1 is 0.933 bits per heavy atom. The zero-order valence-electron chi connectivity index (χ0n) is 15.7. The van der Waals surface area contributed by atoms with Gasteiger partial charge in [-0.3, -0.25) is 9.59 Å². The first-order valence-electron chi connectivity index (χ1n) is 8.80. The van der Waals surface area contributed by atoms with E-state index in [9.17, 15) is 23.1 Å². The highest BCUT2D eigenvalue weighted by Gasteiger charge is 2.35. The fraction of sp³-hybridized carbons (Fsp3) is 0.0476. The van der Waals surface area contributed by atoms with Crippen LogP contribution in [0.5, 0.6) is 17.2 Å². The van der Waals surface area contributed by atoms with Crippen LogP contribution in [0.2, 0.25) is 0 Å². The number of phenolic OH excluding ortho intramolecular Hbond substituents is 1. The van der Waals surface area contributed by atoms with E-state index in [1.807, 2.05) is 0 Å².